The Balaban J connectivity index is 3.75. The van der Waals surface area contributed by atoms with Gasteiger partial charge in [-0.2, -0.15) is 0 Å². The smallest absolute Gasteiger partial charge is 0.247 e. The van der Waals surface area contributed by atoms with Crippen LogP contribution in [-0.4, -0.2) is 13.7 Å². The maximum atomic E-state index is 12.8. The average molecular weight is 534 g/mol. The fourth-order valence-electron chi connectivity index (χ4n) is 2.41. The van der Waals surface area contributed by atoms with Gasteiger partial charge in [0, 0.05) is 0 Å². The Bertz CT molecular complexity index is 585. The zero-order valence-electron chi connectivity index (χ0n) is 14.2. The van der Waals surface area contributed by atoms with Crippen molar-refractivity contribution < 1.29 is 0 Å². The molecule has 24 heavy (non-hydrogen) atoms. The van der Waals surface area contributed by atoms with Gasteiger partial charge in [-0.15, -0.1) is 0 Å². The molecule has 3 unspecified atom stereocenters. The molecule has 9 heteroatoms. The summed E-state index contributed by atoms with van der Waals surface area (Å²) in [4.78, 5) is 37.1. The predicted octanol–water partition coefficient (Wildman–Crippen LogP) is 4.25. The molecule has 6 nitrogen and oxygen atoms in total. The quantitative estimate of drug-likeness (QED) is 0.446. The molecule has 0 saturated carbocycles. The molecule has 0 fully saturated rings. The summed E-state index contributed by atoms with van der Waals surface area (Å²) in [7, 11) is 0. The second kappa shape index (κ2) is 10.1. The lowest BCUT2D eigenvalue weighted by Crippen LogP contribution is -2.55. The lowest BCUT2D eigenvalue weighted by molar-refractivity contribution is 0.418. The Kier molecular flexibility index (Phi) is 9.22. The Morgan fingerprint density at radius 2 is 0.833 bits per heavy atom. The molecule has 0 saturated heterocycles. The van der Waals surface area contributed by atoms with Crippen molar-refractivity contribution in [3.8, 4) is 0 Å². The molecule has 0 spiro atoms. The van der Waals surface area contributed by atoms with E-state index in [1.54, 1.807) is 0 Å². The van der Waals surface area contributed by atoms with E-state index in [2.05, 4.69) is 47.8 Å². The largest absolute Gasteiger partial charge is 0.338 e. The van der Waals surface area contributed by atoms with Crippen LogP contribution in [0, 0.1) is 0 Å². The number of halogens is 3. The lowest BCUT2D eigenvalue weighted by Gasteiger charge is -2.21. The van der Waals surface area contributed by atoms with Crippen LogP contribution in [0.4, 0.5) is 0 Å². The topological polar surface area (TPSA) is 66.0 Å². The molecule has 3 atom stereocenters. The van der Waals surface area contributed by atoms with E-state index in [-0.39, 0.29) is 0 Å². The molecule has 0 aliphatic heterocycles. The third kappa shape index (κ3) is 4.72. The highest BCUT2D eigenvalue weighted by Gasteiger charge is 2.25. The standard InChI is InChI=1S/C15H24Br3N3O3/c1-4-7-10(16)19-13(22)20(11(17)8-5-2)15(24)21(14(19)23)12(18)9-6-3/h10-12H,4-9H2,1-3H3. The molecule has 1 heterocycles. The van der Waals surface area contributed by atoms with Crippen molar-refractivity contribution in [1.82, 2.24) is 13.7 Å². The molecule has 0 aliphatic rings. The first-order chi connectivity index (χ1) is 11.3. The highest BCUT2D eigenvalue weighted by atomic mass is 79.9. The highest BCUT2D eigenvalue weighted by Crippen LogP contribution is 2.22. The van der Waals surface area contributed by atoms with Gasteiger partial charge in [0.1, 0.15) is 0 Å². The van der Waals surface area contributed by atoms with Crippen LogP contribution in [0.25, 0.3) is 0 Å². The number of rotatable bonds is 9. The highest BCUT2D eigenvalue weighted by molar-refractivity contribution is 9.09. The zero-order chi connectivity index (χ0) is 18.4. The van der Waals surface area contributed by atoms with Crippen LogP contribution in [0.2, 0.25) is 0 Å². The van der Waals surface area contributed by atoms with Gasteiger partial charge < -0.3 is 0 Å². The third-order valence-corrected chi connectivity index (χ3v) is 6.26. The second-order valence-electron chi connectivity index (χ2n) is 5.63. The Hall–Kier alpha value is -0.150. The molecule has 1 aromatic heterocycles. The molecular formula is C15H24Br3N3O3. The first-order valence-corrected chi connectivity index (χ1v) is 11.0. The first-order valence-electron chi connectivity index (χ1n) is 8.23. The fraction of sp³-hybridized carbons (Fsp3) is 0.800. The van der Waals surface area contributed by atoms with Crippen LogP contribution >= 0.6 is 47.8 Å². The SMILES string of the molecule is CCCC(Br)n1c(=O)n(C(Br)CCC)c(=O)n(C(Br)CCC)c1=O. The molecule has 1 rings (SSSR count). The molecule has 0 amide bonds. The minimum atomic E-state index is -0.580. The second-order valence-corrected chi connectivity index (χ2v) is 8.80. The van der Waals surface area contributed by atoms with E-state index < -0.39 is 31.9 Å². The fourth-order valence-corrected chi connectivity index (χ4v) is 4.84. The van der Waals surface area contributed by atoms with Crippen molar-refractivity contribution in [2.45, 2.75) is 74.1 Å². The van der Waals surface area contributed by atoms with Gasteiger partial charge in [0.05, 0.1) is 14.9 Å². The summed E-state index contributed by atoms with van der Waals surface area (Å²) in [6.07, 6.45) is 4.28. The van der Waals surface area contributed by atoms with Crippen molar-refractivity contribution in [3.05, 3.63) is 31.5 Å². The van der Waals surface area contributed by atoms with E-state index in [0.29, 0.717) is 19.3 Å². The summed E-state index contributed by atoms with van der Waals surface area (Å²) in [6, 6.07) is 0. The van der Waals surface area contributed by atoms with Gasteiger partial charge in [-0.3, -0.25) is 0 Å². The van der Waals surface area contributed by atoms with Gasteiger partial charge in [0.2, 0.25) is 0 Å². The first kappa shape index (κ1) is 21.9. The predicted molar refractivity (Wildman–Crippen MR) is 108 cm³/mol. The van der Waals surface area contributed by atoms with Crippen molar-refractivity contribution in [2.24, 2.45) is 0 Å². The van der Waals surface area contributed by atoms with E-state index in [9.17, 15) is 14.4 Å². The summed E-state index contributed by atoms with van der Waals surface area (Å²) in [5.41, 5.74) is -1.74. The summed E-state index contributed by atoms with van der Waals surface area (Å²) in [6.45, 7) is 5.92. The average Bonchev–Trinajstić information content (AvgIpc) is 2.47. The minimum absolute atomic E-state index is 0.441. The zero-order valence-corrected chi connectivity index (χ0v) is 18.9. The molecule has 0 bridgehead atoms. The van der Waals surface area contributed by atoms with Crippen LogP contribution in [0.5, 0.6) is 0 Å². The molecule has 1 aromatic rings. The molecule has 0 aromatic carbocycles. The number of alkyl halides is 3. The van der Waals surface area contributed by atoms with Gasteiger partial charge in [-0.25, -0.2) is 28.1 Å². The van der Waals surface area contributed by atoms with Crippen LogP contribution in [0.1, 0.15) is 74.1 Å². The van der Waals surface area contributed by atoms with E-state index in [1.165, 1.54) is 0 Å². The van der Waals surface area contributed by atoms with E-state index in [4.69, 9.17) is 0 Å². The third-order valence-electron chi connectivity index (χ3n) is 3.66. The van der Waals surface area contributed by atoms with Crippen LogP contribution in [-0.2, 0) is 0 Å². The van der Waals surface area contributed by atoms with Crippen LogP contribution < -0.4 is 17.1 Å². The molecule has 0 N–H and O–H groups in total. The molecule has 0 aliphatic carbocycles. The van der Waals surface area contributed by atoms with Crippen LogP contribution in [0.15, 0.2) is 14.4 Å². The van der Waals surface area contributed by atoms with Gasteiger partial charge in [-0.1, -0.05) is 87.8 Å². The Morgan fingerprint density at radius 1 is 0.625 bits per heavy atom. The van der Waals surface area contributed by atoms with Gasteiger partial charge in [0.25, 0.3) is 0 Å². The van der Waals surface area contributed by atoms with E-state index >= 15 is 0 Å². The van der Waals surface area contributed by atoms with E-state index in [0.717, 1.165) is 33.0 Å². The number of hydrogen-bond donors (Lipinski definition) is 0. The minimum Gasteiger partial charge on any atom is -0.247 e. The van der Waals surface area contributed by atoms with Gasteiger partial charge in [-0.05, 0) is 19.3 Å². The van der Waals surface area contributed by atoms with Gasteiger partial charge >= 0.3 is 17.1 Å². The molecular weight excluding hydrogens is 510 g/mol. The monoisotopic (exact) mass is 531 g/mol. The summed E-state index contributed by atoms with van der Waals surface area (Å²) < 4.78 is 3.41. The van der Waals surface area contributed by atoms with E-state index in [1.807, 2.05) is 20.8 Å². The summed E-state index contributed by atoms with van der Waals surface area (Å²) in [5, 5.41) is 0. The maximum Gasteiger partial charge on any atom is 0.338 e. The normalized spacial score (nSPS) is 15.2. The van der Waals surface area contributed by atoms with Crippen LogP contribution in [0.3, 0.4) is 0 Å². The van der Waals surface area contributed by atoms with Crippen molar-refractivity contribution in [2.75, 3.05) is 0 Å². The maximum absolute atomic E-state index is 12.8. The molecule has 0 radical (unpaired) electrons. The Labute approximate surface area is 166 Å². The van der Waals surface area contributed by atoms with Crippen molar-refractivity contribution >= 4 is 47.8 Å². The summed E-state index contributed by atoms with van der Waals surface area (Å²) in [5.74, 6) is 0. The van der Waals surface area contributed by atoms with Crippen molar-refractivity contribution in [3.63, 3.8) is 0 Å². The number of aromatic nitrogens is 3. The Morgan fingerprint density at radius 3 is 1.00 bits per heavy atom. The number of hydrogen-bond acceptors (Lipinski definition) is 3. The lowest BCUT2D eigenvalue weighted by atomic mass is 10.3. The molecule has 138 valence electrons. The van der Waals surface area contributed by atoms with Gasteiger partial charge in [0.15, 0.2) is 0 Å². The van der Waals surface area contributed by atoms with Crippen molar-refractivity contribution in [1.29, 1.82) is 0 Å². The number of nitrogens with zero attached hydrogens (tertiary/aromatic N) is 3. The summed E-state index contributed by atoms with van der Waals surface area (Å²) >= 11 is 10.3.